The number of hydrogen-bond acceptors (Lipinski definition) is 6. The van der Waals surface area contributed by atoms with Crippen molar-refractivity contribution in [3.63, 3.8) is 0 Å². The number of aryl methyl sites for hydroxylation is 1. The first-order valence-corrected chi connectivity index (χ1v) is 8.83. The summed E-state index contributed by atoms with van der Waals surface area (Å²) < 4.78 is 4.83. The molecule has 0 radical (unpaired) electrons. The summed E-state index contributed by atoms with van der Waals surface area (Å²) >= 11 is 1.26. The second kappa shape index (κ2) is 7.77. The van der Waals surface area contributed by atoms with Gasteiger partial charge >= 0.3 is 5.97 Å². The lowest BCUT2D eigenvalue weighted by molar-refractivity contribution is -0.119. The lowest BCUT2D eigenvalue weighted by Crippen LogP contribution is -2.33. The Morgan fingerprint density at radius 2 is 2.09 bits per heavy atom. The van der Waals surface area contributed by atoms with E-state index in [-0.39, 0.29) is 17.7 Å². The molecule has 0 unspecified atom stereocenters. The van der Waals surface area contributed by atoms with E-state index in [9.17, 15) is 9.59 Å². The van der Waals surface area contributed by atoms with Gasteiger partial charge in [0.15, 0.2) is 0 Å². The number of esters is 1. The lowest BCUT2D eigenvalue weighted by Gasteiger charge is -2.13. The van der Waals surface area contributed by atoms with Gasteiger partial charge in [-0.2, -0.15) is 0 Å². The van der Waals surface area contributed by atoms with E-state index >= 15 is 0 Å². The minimum absolute atomic E-state index is 0.0654. The van der Waals surface area contributed by atoms with Gasteiger partial charge in [0.05, 0.1) is 18.6 Å². The molecule has 1 atom stereocenters. The fourth-order valence-corrected chi connectivity index (χ4v) is 2.97. The second-order valence-corrected chi connectivity index (χ2v) is 6.74. The number of carbonyl (C=O) groups excluding carboxylic acids is 2. The SMILES string of the molecule is CC[C@H](C)NC(=O)CSc1nc(C2CC2)nc(C)c1C(=O)OC. The molecule has 1 fully saturated rings. The third kappa shape index (κ3) is 4.67. The molecule has 0 bridgehead atoms. The van der Waals surface area contributed by atoms with E-state index in [0.29, 0.717) is 22.2 Å². The number of nitrogens with zero attached hydrogens (tertiary/aromatic N) is 2. The van der Waals surface area contributed by atoms with Crippen molar-refractivity contribution in [1.29, 1.82) is 0 Å². The number of methoxy groups -OCH3 is 1. The third-order valence-electron chi connectivity index (χ3n) is 3.77. The normalized spacial score (nSPS) is 15.1. The van der Waals surface area contributed by atoms with Gasteiger partial charge in [0.25, 0.3) is 0 Å². The summed E-state index contributed by atoms with van der Waals surface area (Å²) in [6.45, 7) is 5.76. The molecule has 1 N–H and O–H groups in total. The van der Waals surface area contributed by atoms with Gasteiger partial charge in [-0.15, -0.1) is 0 Å². The van der Waals surface area contributed by atoms with Crippen LogP contribution in [0.15, 0.2) is 5.03 Å². The number of rotatable bonds is 7. The van der Waals surface area contributed by atoms with Crippen LogP contribution in [-0.2, 0) is 9.53 Å². The van der Waals surface area contributed by atoms with E-state index in [1.54, 1.807) is 6.92 Å². The molecule has 1 heterocycles. The molecule has 0 aliphatic heterocycles. The Morgan fingerprint density at radius 3 is 2.65 bits per heavy atom. The maximum Gasteiger partial charge on any atom is 0.342 e. The Hall–Kier alpha value is -1.63. The van der Waals surface area contributed by atoms with Crippen LogP contribution in [0.25, 0.3) is 0 Å². The first kappa shape index (κ1) is 17.7. The second-order valence-electron chi connectivity index (χ2n) is 5.78. The molecule has 23 heavy (non-hydrogen) atoms. The molecule has 7 heteroatoms. The van der Waals surface area contributed by atoms with Crippen LogP contribution in [0.3, 0.4) is 0 Å². The van der Waals surface area contributed by atoms with E-state index in [1.165, 1.54) is 18.9 Å². The Balaban J connectivity index is 2.17. The predicted octanol–water partition coefficient (Wildman–Crippen LogP) is 2.46. The molecule has 6 nitrogen and oxygen atoms in total. The maximum atomic E-state index is 12.0. The van der Waals surface area contributed by atoms with Gasteiger partial charge in [-0.3, -0.25) is 4.79 Å². The minimum atomic E-state index is -0.463. The summed E-state index contributed by atoms with van der Waals surface area (Å²) in [4.78, 5) is 32.9. The van der Waals surface area contributed by atoms with Crippen LogP contribution in [0, 0.1) is 6.92 Å². The first-order valence-electron chi connectivity index (χ1n) is 7.85. The van der Waals surface area contributed by atoms with Crippen molar-refractivity contribution >= 4 is 23.6 Å². The fraction of sp³-hybridized carbons (Fsp3) is 0.625. The zero-order chi connectivity index (χ0) is 17.0. The Bertz CT molecular complexity index is 602. The Kier molecular flexibility index (Phi) is 5.98. The third-order valence-corrected chi connectivity index (χ3v) is 4.74. The molecule has 0 saturated heterocycles. The highest BCUT2D eigenvalue weighted by molar-refractivity contribution is 8.00. The van der Waals surface area contributed by atoms with Crippen molar-refractivity contribution in [2.45, 2.75) is 57.0 Å². The zero-order valence-corrected chi connectivity index (χ0v) is 14.8. The molecular formula is C16H23N3O3S. The highest BCUT2D eigenvalue weighted by Crippen LogP contribution is 2.39. The van der Waals surface area contributed by atoms with Gasteiger partial charge < -0.3 is 10.1 Å². The molecule has 1 aromatic heterocycles. The quantitative estimate of drug-likeness (QED) is 0.468. The van der Waals surface area contributed by atoms with Crippen molar-refractivity contribution in [1.82, 2.24) is 15.3 Å². The highest BCUT2D eigenvalue weighted by Gasteiger charge is 2.29. The summed E-state index contributed by atoms with van der Waals surface area (Å²) in [5.41, 5.74) is 0.969. The zero-order valence-electron chi connectivity index (χ0n) is 14.0. The number of ether oxygens (including phenoxy) is 1. The van der Waals surface area contributed by atoms with Gasteiger partial charge in [-0.1, -0.05) is 18.7 Å². The topological polar surface area (TPSA) is 81.2 Å². The average molecular weight is 337 g/mol. The van der Waals surface area contributed by atoms with E-state index in [4.69, 9.17) is 4.74 Å². The van der Waals surface area contributed by atoms with Gasteiger partial charge in [-0.05, 0) is 33.1 Å². The van der Waals surface area contributed by atoms with Gasteiger partial charge in [0, 0.05) is 12.0 Å². The monoisotopic (exact) mass is 337 g/mol. The maximum absolute atomic E-state index is 12.0. The molecule has 0 aromatic carbocycles. The summed E-state index contributed by atoms with van der Waals surface area (Å²) in [6, 6.07) is 0.136. The van der Waals surface area contributed by atoms with Crippen LogP contribution in [0.2, 0.25) is 0 Å². The van der Waals surface area contributed by atoms with Crippen molar-refractivity contribution < 1.29 is 14.3 Å². The van der Waals surface area contributed by atoms with Crippen molar-refractivity contribution in [2.75, 3.05) is 12.9 Å². The Morgan fingerprint density at radius 1 is 1.39 bits per heavy atom. The molecule has 1 saturated carbocycles. The molecular weight excluding hydrogens is 314 g/mol. The average Bonchev–Trinajstić information content (AvgIpc) is 3.36. The number of aromatic nitrogens is 2. The summed E-state index contributed by atoms with van der Waals surface area (Å²) in [6.07, 6.45) is 3.04. The number of carbonyl (C=O) groups is 2. The van der Waals surface area contributed by atoms with Gasteiger partial charge in [-0.25, -0.2) is 14.8 Å². The lowest BCUT2D eigenvalue weighted by atomic mass is 10.2. The van der Waals surface area contributed by atoms with Crippen LogP contribution < -0.4 is 5.32 Å². The largest absolute Gasteiger partial charge is 0.465 e. The molecule has 1 aromatic rings. The smallest absolute Gasteiger partial charge is 0.342 e. The van der Waals surface area contributed by atoms with E-state index in [1.807, 2.05) is 13.8 Å². The number of hydrogen-bond donors (Lipinski definition) is 1. The predicted molar refractivity (Wildman–Crippen MR) is 88.7 cm³/mol. The molecule has 2 rings (SSSR count). The molecule has 0 spiro atoms. The highest BCUT2D eigenvalue weighted by atomic mass is 32.2. The van der Waals surface area contributed by atoms with Crippen LogP contribution >= 0.6 is 11.8 Å². The summed E-state index contributed by atoms with van der Waals surface area (Å²) in [7, 11) is 1.33. The molecule has 1 aliphatic rings. The number of thioether (sulfide) groups is 1. The van der Waals surface area contributed by atoms with Crippen LogP contribution in [0.4, 0.5) is 0 Å². The first-order chi connectivity index (χ1) is 11.0. The number of nitrogens with one attached hydrogen (secondary N) is 1. The van der Waals surface area contributed by atoms with E-state index in [2.05, 4.69) is 15.3 Å². The van der Waals surface area contributed by atoms with Crippen molar-refractivity contribution in [3.05, 3.63) is 17.1 Å². The van der Waals surface area contributed by atoms with Crippen LogP contribution in [-0.4, -0.2) is 40.7 Å². The van der Waals surface area contributed by atoms with Crippen molar-refractivity contribution in [2.24, 2.45) is 0 Å². The van der Waals surface area contributed by atoms with E-state index in [0.717, 1.165) is 25.1 Å². The standard InChI is InChI=1S/C16H23N3O3S/c1-5-9(2)17-12(20)8-23-15-13(16(21)22-4)10(3)18-14(19-15)11-6-7-11/h9,11H,5-8H2,1-4H3,(H,17,20)/t9-/m0/s1. The van der Waals surface area contributed by atoms with Gasteiger partial charge in [0.2, 0.25) is 5.91 Å². The minimum Gasteiger partial charge on any atom is -0.465 e. The number of amides is 1. The molecule has 1 amide bonds. The van der Waals surface area contributed by atoms with Crippen molar-refractivity contribution in [3.8, 4) is 0 Å². The molecule has 126 valence electrons. The van der Waals surface area contributed by atoms with Gasteiger partial charge in [0.1, 0.15) is 16.4 Å². The van der Waals surface area contributed by atoms with Crippen LogP contribution in [0.5, 0.6) is 0 Å². The fourth-order valence-electron chi connectivity index (χ4n) is 2.09. The van der Waals surface area contributed by atoms with Crippen LogP contribution in [0.1, 0.15) is 60.9 Å². The Labute approximate surface area is 140 Å². The summed E-state index contributed by atoms with van der Waals surface area (Å²) in [5, 5.41) is 3.44. The summed E-state index contributed by atoms with van der Waals surface area (Å²) in [5.74, 6) is 0.835. The van der Waals surface area contributed by atoms with E-state index < -0.39 is 5.97 Å². The molecule has 1 aliphatic carbocycles.